The highest BCUT2D eigenvalue weighted by molar-refractivity contribution is 7.22. The fourth-order valence-electron chi connectivity index (χ4n) is 4.69. The smallest absolute Gasteiger partial charge is 0.231 e. The van der Waals surface area contributed by atoms with Crippen molar-refractivity contribution in [2.45, 2.75) is 32.4 Å². The van der Waals surface area contributed by atoms with Crippen molar-refractivity contribution < 1.29 is 14.3 Å². The molecule has 0 N–H and O–H groups in total. The molecule has 2 heterocycles. The minimum absolute atomic E-state index is 0.0148. The average molecular weight is 486 g/mol. The number of methoxy groups -OCH3 is 1. The van der Waals surface area contributed by atoms with Crippen molar-refractivity contribution in [2.75, 3.05) is 18.6 Å². The lowest BCUT2D eigenvalue weighted by Crippen LogP contribution is -2.42. The lowest BCUT2D eigenvalue weighted by molar-refractivity contribution is -0.133. The maximum atomic E-state index is 13.9. The van der Waals surface area contributed by atoms with E-state index in [4.69, 9.17) is 9.72 Å². The molecular weight excluding hydrogens is 458 g/mol. The average Bonchev–Trinajstić information content (AvgIpc) is 3.30. The molecule has 0 saturated carbocycles. The summed E-state index contributed by atoms with van der Waals surface area (Å²) < 4.78 is 6.32. The number of anilines is 1. The summed E-state index contributed by atoms with van der Waals surface area (Å²) in [5.41, 5.74) is 4.09. The van der Waals surface area contributed by atoms with Gasteiger partial charge in [-0.2, -0.15) is 0 Å². The number of hydrogen-bond acceptors (Lipinski definition) is 5. The van der Waals surface area contributed by atoms with E-state index < -0.39 is 0 Å². The second kappa shape index (κ2) is 9.88. The Hall–Kier alpha value is -3.71. The number of nitrogens with zero attached hydrogens (tertiary/aromatic N) is 3. The van der Waals surface area contributed by atoms with Crippen molar-refractivity contribution in [3.8, 4) is 5.75 Å². The van der Waals surface area contributed by atoms with Gasteiger partial charge in [0.2, 0.25) is 11.8 Å². The molecule has 6 nitrogen and oxygen atoms in total. The second-order valence-electron chi connectivity index (χ2n) is 8.68. The number of benzene rings is 3. The molecule has 1 unspecified atom stereocenters. The summed E-state index contributed by atoms with van der Waals surface area (Å²) in [6.07, 6.45) is 0.997. The number of amides is 2. The number of ether oxygens (including phenoxy) is 1. The van der Waals surface area contributed by atoms with Gasteiger partial charge in [0.15, 0.2) is 5.13 Å². The Morgan fingerprint density at radius 3 is 2.63 bits per heavy atom. The van der Waals surface area contributed by atoms with Gasteiger partial charge in [-0.25, -0.2) is 4.98 Å². The fourth-order valence-corrected chi connectivity index (χ4v) is 5.70. The first kappa shape index (κ1) is 23.1. The predicted molar refractivity (Wildman–Crippen MR) is 139 cm³/mol. The van der Waals surface area contributed by atoms with E-state index in [0.29, 0.717) is 18.2 Å². The largest absolute Gasteiger partial charge is 0.497 e. The third-order valence-corrected chi connectivity index (χ3v) is 7.53. The van der Waals surface area contributed by atoms with Crippen LogP contribution in [0, 0.1) is 0 Å². The van der Waals surface area contributed by atoms with Crippen LogP contribution in [-0.2, 0) is 22.6 Å². The van der Waals surface area contributed by atoms with Crippen LogP contribution in [0.3, 0.4) is 0 Å². The van der Waals surface area contributed by atoms with Crippen LogP contribution in [0.25, 0.3) is 10.2 Å². The van der Waals surface area contributed by atoms with E-state index in [9.17, 15) is 9.59 Å². The quantitative estimate of drug-likeness (QED) is 0.368. The topological polar surface area (TPSA) is 62.7 Å². The van der Waals surface area contributed by atoms with E-state index >= 15 is 0 Å². The molecule has 0 fully saturated rings. The Kier molecular flexibility index (Phi) is 6.51. The zero-order valence-electron chi connectivity index (χ0n) is 19.8. The molecule has 3 aromatic carbocycles. The SMILES string of the molecule is COc1ccc2nc(N(Cc3ccccc3)C(=O)CC3c4ccccc4CCN3C(C)=O)sc2c1. The number of thiazole rings is 1. The van der Waals surface area contributed by atoms with Gasteiger partial charge in [-0.15, -0.1) is 0 Å². The van der Waals surface area contributed by atoms with Crippen LogP contribution in [0.15, 0.2) is 72.8 Å². The van der Waals surface area contributed by atoms with Gasteiger partial charge in [-0.1, -0.05) is 65.9 Å². The highest BCUT2D eigenvalue weighted by Crippen LogP contribution is 2.36. The third kappa shape index (κ3) is 4.77. The summed E-state index contributed by atoms with van der Waals surface area (Å²) >= 11 is 1.47. The molecule has 0 radical (unpaired) electrons. The van der Waals surface area contributed by atoms with Gasteiger partial charge in [-0.3, -0.25) is 14.5 Å². The maximum Gasteiger partial charge on any atom is 0.231 e. The van der Waals surface area contributed by atoms with Crippen molar-refractivity contribution >= 4 is 38.5 Å². The zero-order chi connectivity index (χ0) is 24.4. The normalized spacial score (nSPS) is 15.0. The number of fused-ring (bicyclic) bond motifs is 2. The van der Waals surface area contributed by atoms with Gasteiger partial charge in [0, 0.05) is 13.5 Å². The number of hydrogen-bond donors (Lipinski definition) is 0. The first-order valence-corrected chi connectivity index (χ1v) is 12.5. The minimum atomic E-state index is -0.294. The Balaban J connectivity index is 1.51. The van der Waals surface area contributed by atoms with E-state index in [-0.39, 0.29) is 24.3 Å². The van der Waals surface area contributed by atoms with Crippen LogP contribution >= 0.6 is 11.3 Å². The molecule has 1 aromatic heterocycles. The maximum absolute atomic E-state index is 13.9. The molecule has 0 bridgehead atoms. The third-order valence-electron chi connectivity index (χ3n) is 6.48. The van der Waals surface area contributed by atoms with Gasteiger partial charge in [0.1, 0.15) is 5.75 Å². The standard InChI is InChI=1S/C28H27N3O3S/c1-19(32)30-15-14-21-10-6-7-11-23(21)25(30)17-27(33)31(18-20-8-4-3-5-9-20)28-29-24-13-12-22(34-2)16-26(24)35-28/h3-13,16,25H,14-15,17-18H2,1-2H3. The highest BCUT2D eigenvalue weighted by atomic mass is 32.1. The van der Waals surface area contributed by atoms with Crippen LogP contribution in [0.1, 0.15) is 36.1 Å². The van der Waals surface area contributed by atoms with Gasteiger partial charge in [0.05, 0.1) is 36.3 Å². The van der Waals surface area contributed by atoms with Crippen LogP contribution in [-0.4, -0.2) is 35.4 Å². The first-order chi connectivity index (χ1) is 17.0. The molecule has 5 rings (SSSR count). The molecule has 1 aliphatic rings. The summed E-state index contributed by atoms with van der Waals surface area (Å²) in [6.45, 7) is 2.60. The van der Waals surface area contributed by atoms with Crippen LogP contribution in [0.2, 0.25) is 0 Å². The highest BCUT2D eigenvalue weighted by Gasteiger charge is 2.33. The Morgan fingerprint density at radius 1 is 1.09 bits per heavy atom. The molecule has 4 aromatic rings. The van der Waals surface area contributed by atoms with Crippen molar-refractivity contribution in [2.24, 2.45) is 0 Å². The van der Waals surface area contributed by atoms with Crippen molar-refractivity contribution in [1.82, 2.24) is 9.88 Å². The Morgan fingerprint density at radius 2 is 1.86 bits per heavy atom. The molecule has 1 aliphatic heterocycles. The predicted octanol–water partition coefficient (Wildman–Crippen LogP) is 5.37. The van der Waals surface area contributed by atoms with Crippen molar-refractivity contribution in [3.63, 3.8) is 0 Å². The van der Waals surface area contributed by atoms with E-state index in [2.05, 4.69) is 6.07 Å². The fraction of sp³-hybridized carbons (Fsp3) is 0.250. The van der Waals surface area contributed by atoms with Gasteiger partial charge in [-0.05, 0) is 41.3 Å². The van der Waals surface area contributed by atoms with Crippen LogP contribution in [0.5, 0.6) is 5.75 Å². The summed E-state index contributed by atoms with van der Waals surface area (Å²) in [5.74, 6) is 0.677. The van der Waals surface area contributed by atoms with Crippen molar-refractivity contribution in [3.05, 3.63) is 89.5 Å². The molecule has 178 valence electrons. The van der Waals surface area contributed by atoms with Gasteiger partial charge in [0.25, 0.3) is 0 Å². The monoisotopic (exact) mass is 485 g/mol. The van der Waals surface area contributed by atoms with Crippen LogP contribution < -0.4 is 9.64 Å². The summed E-state index contributed by atoms with van der Waals surface area (Å²) in [6, 6.07) is 23.5. The lowest BCUT2D eigenvalue weighted by Gasteiger charge is -2.37. The number of aromatic nitrogens is 1. The van der Waals surface area contributed by atoms with Crippen molar-refractivity contribution in [1.29, 1.82) is 0 Å². The number of carbonyl (C=O) groups is 2. The van der Waals surface area contributed by atoms with Gasteiger partial charge >= 0.3 is 0 Å². The summed E-state index contributed by atoms with van der Waals surface area (Å²) in [4.78, 5) is 34.8. The number of carbonyl (C=O) groups excluding carboxylic acids is 2. The van der Waals surface area contributed by atoms with E-state index in [1.54, 1.807) is 18.9 Å². The summed E-state index contributed by atoms with van der Waals surface area (Å²) in [5, 5.41) is 0.639. The minimum Gasteiger partial charge on any atom is -0.497 e. The molecule has 0 aliphatic carbocycles. The molecule has 0 spiro atoms. The Labute approximate surface area is 208 Å². The molecule has 0 saturated heterocycles. The zero-order valence-corrected chi connectivity index (χ0v) is 20.6. The van der Waals surface area contributed by atoms with E-state index in [1.807, 2.05) is 71.6 Å². The van der Waals surface area contributed by atoms with Gasteiger partial charge < -0.3 is 9.64 Å². The molecule has 7 heteroatoms. The van der Waals surface area contributed by atoms with E-state index in [1.165, 1.54) is 16.9 Å². The van der Waals surface area contributed by atoms with E-state index in [0.717, 1.165) is 33.5 Å². The number of rotatable bonds is 6. The first-order valence-electron chi connectivity index (χ1n) is 11.7. The second-order valence-corrected chi connectivity index (χ2v) is 9.69. The molecule has 35 heavy (non-hydrogen) atoms. The van der Waals surface area contributed by atoms with Crippen LogP contribution in [0.4, 0.5) is 5.13 Å². The molecule has 2 amide bonds. The molecular formula is C28H27N3O3S. The lowest BCUT2D eigenvalue weighted by atomic mass is 9.90. The summed E-state index contributed by atoms with van der Waals surface area (Å²) in [7, 11) is 1.64. The Bertz CT molecular complexity index is 1370. The molecule has 1 atom stereocenters.